The first-order valence-corrected chi connectivity index (χ1v) is 9.67. The van der Waals surface area contributed by atoms with Gasteiger partial charge in [0, 0.05) is 44.1 Å². The van der Waals surface area contributed by atoms with E-state index < -0.39 is 0 Å². The van der Waals surface area contributed by atoms with E-state index in [1.165, 1.54) is 12.8 Å². The number of nitrogens with zero attached hydrogens (tertiary/aromatic N) is 6. The summed E-state index contributed by atoms with van der Waals surface area (Å²) >= 11 is 0. The number of amides is 1. The van der Waals surface area contributed by atoms with Crippen molar-refractivity contribution in [1.29, 1.82) is 0 Å². The molecule has 7 nitrogen and oxygen atoms in total. The normalized spacial score (nSPS) is 20.1. The van der Waals surface area contributed by atoms with E-state index in [0.717, 1.165) is 43.7 Å². The Bertz CT molecular complexity index is 974. The molecule has 3 heterocycles. The molecule has 2 aromatic heterocycles. The predicted molar refractivity (Wildman–Crippen MR) is 100 cm³/mol. The molecule has 1 saturated carbocycles. The van der Waals surface area contributed by atoms with E-state index in [1.807, 2.05) is 27.8 Å². The third-order valence-electron chi connectivity index (χ3n) is 5.53. The summed E-state index contributed by atoms with van der Waals surface area (Å²) in [6.45, 7) is 2.35. The molecule has 0 bridgehead atoms. The molecule has 3 aromatic rings. The monoisotopic (exact) mass is 362 g/mol. The van der Waals surface area contributed by atoms with Crippen LogP contribution in [0.2, 0.25) is 0 Å². The average Bonchev–Trinajstić information content (AvgIpc) is 3.47. The molecular formula is C20H22N6O. The van der Waals surface area contributed by atoms with Gasteiger partial charge in [0.1, 0.15) is 5.52 Å². The van der Waals surface area contributed by atoms with Crippen LogP contribution in [0.5, 0.6) is 0 Å². The minimum Gasteiger partial charge on any atom is -0.338 e. The lowest BCUT2D eigenvalue weighted by Gasteiger charge is -2.32. The average molecular weight is 362 g/mol. The van der Waals surface area contributed by atoms with E-state index in [0.29, 0.717) is 22.9 Å². The van der Waals surface area contributed by atoms with Crippen LogP contribution in [0.4, 0.5) is 0 Å². The lowest BCUT2D eigenvalue weighted by atomic mass is 9.97. The molecule has 2 aliphatic rings. The summed E-state index contributed by atoms with van der Waals surface area (Å²) in [5.74, 6) is 1.07. The van der Waals surface area contributed by atoms with Crippen molar-refractivity contribution in [3.05, 3.63) is 48.0 Å². The van der Waals surface area contributed by atoms with Gasteiger partial charge in [0.15, 0.2) is 0 Å². The Morgan fingerprint density at radius 1 is 1.15 bits per heavy atom. The first-order chi connectivity index (χ1) is 13.3. The molecule has 2 fully saturated rings. The van der Waals surface area contributed by atoms with Crippen molar-refractivity contribution in [2.45, 2.75) is 38.1 Å². The topological polar surface area (TPSA) is 76.8 Å². The fourth-order valence-corrected chi connectivity index (χ4v) is 3.97. The second kappa shape index (κ2) is 6.72. The summed E-state index contributed by atoms with van der Waals surface area (Å²) in [6, 6.07) is 5.61. The Labute approximate surface area is 157 Å². The standard InChI is InChI=1S/C20H22N6O/c27-20(16-4-1-5-17-19(16)22-9-8-21-17)25-10-2-3-14(11-25)12-26-13-18(23-24-26)15-6-7-15/h1,4-5,8-9,13-15H,2-3,6-7,10-12H2/t14-/m1/s1. The molecule has 0 unspecified atom stereocenters. The van der Waals surface area contributed by atoms with E-state index in [1.54, 1.807) is 12.4 Å². The number of piperidine rings is 1. The van der Waals surface area contributed by atoms with Crippen molar-refractivity contribution >= 4 is 16.9 Å². The van der Waals surface area contributed by atoms with Crippen molar-refractivity contribution in [3.63, 3.8) is 0 Å². The van der Waals surface area contributed by atoms with Gasteiger partial charge in [-0.15, -0.1) is 5.10 Å². The smallest absolute Gasteiger partial charge is 0.256 e. The van der Waals surface area contributed by atoms with Crippen LogP contribution in [-0.4, -0.2) is 48.9 Å². The van der Waals surface area contributed by atoms with Crippen LogP contribution in [0.1, 0.15) is 47.7 Å². The van der Waals surface area contributed by atoms with Crippen LogP contribution in [-0.2, 0) is 6.54 Å². The lowest BCUT2D eigenvalue weighted by molar-refractivity contribution is 0.0661. The SMILES string of the molecule is O=C(c1cccc2nccnc12)N1CCC[C@@H](Cn2cc(C3CC3)nn2)C1. The molecule has 1 atom stereocenters. The largest absolute Gasteiger partial charge is 0.338 e. The summed E-state index contributed by atoms with van der Waals surface area (Å²) in [5, 5.41) is 8.58. The number of para-hydroxylation sites is 1. The van der Waals surface area contributed by atoms with E-state index >= 15 is 0 Å². The Hall–Kier alpha value is -2.83. The van der Waals surface area contributed by atoms with Gasteiger partial charge < -0.3 is 4.90 Å². The van der Waals surface area contributed by atoms with Crippen LogP contribution >= 0.6 is 0 Å². The minimum atomic E-state index is 0.0445. The van der Waals surface area contributed by atoms with Gasteiger partial charge in [-0.05, 0) is 43.7 Å². The molecule has 5 rings (SSSR count). The maximum absolute atomic E-state index is 13.1. The molecule has 0 spiro atoms. The van der Waals surface area contributed by atoms with E-state index in [4.69, 9.17) is 0 Å². The Morgan fingerprint density at radius 3 is 2.93 bits per heavy atom. The highest BCUT2D eigenvalue weighted by Crippen LogP contribution is 2.38. The predicted octanol–water partition coefficient (Wildman–Crippen LogP) is 2.65. The van der Waals surface area contributed by atoms with E-state index in [2.05, 4.69) is 26.5 Å². The number of fused-ring (bicyclic) bond motifs is 1. The van der Waals surface area contributed by atoms with Gasteiger partial charge in [-0.25, -0.2) is 0 Å². The van der Waals surface area contributed by atoms with Crippen LogP contribution in [0.3, 0.4) is 0 Å². The number of likely N-dealkylation sites (tertiary alicyclic amines) is 1. The number of rotatable bonds is 4. The highest BCUT2D eigenvalue weighted by atomic mass is 16.2. The zero-order valence-corrected chi connectivity index (χ0v) is 15.2. The highest BCUT2D eigenvalue weighted by Gasteiger charge is 2.28. The number of hydrogen-bond donors (Lipinski definition) is 0. The van der Waals surface area contributed by atoms with Crippen LogP contribution < -0.4 is 0 Å². The fourth-order valence-electron chi connectivity index (χ4n) is 3.97. The van der Waals surface area contributed by atoms with Crippen LogP contribution in [0, 0.1) is 5.92 Å². The number of carbonyl (C=O) groups excluding carboxylic acids is 1. The van der Waals surface area contributed by atoms with Gasteiger partial charge in [-0.2, -0.15) is 0 Å². The number of carbonyl (C=O) groups is 1. The molecule has 1 aromatic carbocycles. The highest BCUT2D eigenvalue weighted by molar-refractivity contribution is 6.04. The first kappa shape index (κ1) is 16.4. The maximum Gasteiger partial charge on any atom is 0.256 e. The van der Waals surface area contributed by atoms with Gasteiger partial charge in [-0.3, -0.25) is 19.4 Å². The Morgan fingerprint density at radius 2 is 2.04 bits per heavy atom. The zero-order chi connectivity index (χ0) is 18.2. The second-order valence-corrected chi connectivity index (χ2v) is 7.63. The third-order valence-corrected chi connectivity index (χ3v) is 5.53. The summed E-state index contributed by atoms with van der Waals surface area (Å²) in [6.07, 6.45) is 9.96. The fraction of sp³-hybridized carbons (Fsp3) is 0.450. The molecule has 1 aliphatic carbocycles. The first-order valence-electron chi connectivity index (χ1n) is 9.67. The van der Waals surface area contributed by atoms with E-state index in [9.17, 15) is 4.79 Å². The molecule has 0 radical (unpaired) electrons. The molecule has 7 heteroatoms. The molecule has 27 heavy (non-hydrogen) atoms. The second-order valence-electron chi connectivity index (χ2n) is 7.63. The summed E-state index contributed by atoms with van der Waals surface area (Å²) in [7, 11) is 0. The summed E-state index contributed by atoms with van der Waals surface area (Å²) in [5.41, 5.74) is 3.19. The molecule has 1 saturated heterocycles. The minimum absolute atomic E-state index is 0.0445. The number of hydrogen-bond acceptors (Lipinski definition) is 5. The van der Waals surface area contributed by atoms with Gasteiger partial charge in [-0.1, -0.05) is 11.3 Å². The van der Waals surface area contributed by atoms with Crippen molar-refractivity contribution in [1.82, 2.24) is 29.9 Å². The molecule has 1 aliphatic heterocycles. The summed E-state index contributed by atoms with van der Waals surface area (Å²) in [4.78, 5) is 23.8. The van der Waals surface area contributed by atoms with E-state index in [-0.39, 0.29) is 5.91 Å². The van der Waals surface area contributed by atoms with Crippen LogP contribution in [0.15, 0.2) is 36.8 Å². The third kappa shape index (κ3) is 3.29. The number of aromatic nitrogens is 5. The maximum atomic E-state index is 13.1. The molecule has 0 N–H and O–H groups in total. The Balaban J connectivity index is 1.31. The Kier molecular flexibility index (Phi) is 4.07. The molecular weight excluding hydrogens is 340 g/mol. The summed E-state index contributed by atoms with van der Waals surface area (Å²) < 4.78 is 1.95. The van der Waals surface area contributed by atoms with Crippen LogP contribution in [0.25, 0.3) is 11.0 Å². The zero-order valence-electron chi connectivity index (χ0n) is 15.2. The van der Waals surface area contributed by atoms with Crippen molar-refractivity contribution in [2.24, 2.45) is 5.92 Å². The van der Waals surface area contributed by atoms with Crippen molar-refractivity contribution < 1.29 is 4.79 Å². The quantitative estimate of drug-likeness (QED) is 0.713. The van der Waals surface area contributed by atoms with Gasteiger partial charge in [0.25, 0.3) is 5.91 Å². The molecule has 1 amide bonds. The number of benzene rings is 1. The molecule has 138 valence electrons. The van der Waals surface area contributed by atoms with Gasteiger partial charge in [0.05, 0.1) is 16.8 Å². The lowest BCUT2D eigenvalue weighted by Crippen LogP contribution is -2.41. The van der Waals surface area contributed by atoms with Gasteiger partial charge >= 0.3 is 0 Å². The van der Waals surface area contributed by atoms with Crippen molar-refractivity contribution in [3.8, 4) is 0 Å². The van der Waals surface area contributed by atoms with Crippen molar-refractivity contribution in [2.75, 3.05) is 13.1 Å². The van der Waals surface area contributed by atoms with Gasteiger partial charge in [0.2, 0.25) is 0 Å².